The highest BCUT2D eigenvalue weighted by molar-refractivity contribution is 5.87. The summed E-state index contributed by atoms with van der Waals surface area (Å²) in [6.07, 6.45) is 2.21. The van der Waals surface area contributed by atoms with E-state index in [1.807, 2.05) is 24.3 Å². The largest absolute Gasteiger partial charge is 0.496 e. The maximum Gasteiger partial charge on any atom is 0.321 e. The number of hydrogen-bond acceptors (Lipinski definition) is 3. The zero-order valence-electron chi connectivity index (χ0n) is 10.7. The van der Waals surface area contributed by atoms with Gasteiger partial charge in [-0.05, 0) is 24.1 Å². The van der Waals surface area contributed by atoms with Gasteiger partial charge in [0.2, 0.25) is 5.88 Å². The average Bonchev–Trinajstić information content (AvgIpc) is 2.92. The molecule has 0 aliphatic carbocycles. The molecule has 5 nitrogen and oxygen atoms in total. The number of nitrogens with one attached hydrogen (secondary N) is 2. The summed E-state index contributed by atoms with van der Waals surface area (Å²) in [6, 6.07) is 10.8. The molecule has 19 heavy (non-hydrogen) atoms. The van der Waals surface area contributed by atoms with Gasteiger partial charge in [0, 0.05) is 12.6 Å². The van der Waals surface area contributed by atoms with Crippen LogP contribution < -0.4 is 15.4 Å². The van der Waals surface area contributed by atoms with Gasteiger partial charge in [-0.25, -0.2) is 4.79 Å². The Balaban J connectivity index is 1.78. The molecule has 0 saturated heterocycles. The van der Waals surface area contributed by atoms with Crippen molar-refractivity contribution in [2.24, 2.45) is 0 Å². The number of carbonyl (C=O) groups excluding carboxylic acids is 1. The fourth-order valence-corrected chi connectivity index (χ4v) is 1.73. The highest BCUT2D eigenvalue weighted by Crippen LogP contribution is 2.17. The van der Waals surface area contributed by atoms with Gasteiger partial charge in [-0.2, -0.15) is 0 Å². The number of ether oxygens (including phenoxy) is 1. The number of methoxy groups -OCH3 is 1. The molecule has 1 heterocycles. The SMILES string of the molecule is COc1ccccc1CCNC(=O)Nc1ccco1. The third-order valence-electron chi connectivity index (χ3n) is 2.63. The second kappa shape index (κ2) is 6.49. The van der Waals surface area contributed by atoms with E-state index in [1.165, 1.54) is 6.26 Å². The van der Waals surface area contributed by atoms with E-state index >= 15 is 0 Å². The van der Waals surface area contributed by atoms with Crippen LogP contribution in [0.5, 0.6) is 5.75 Å². The smallest absolute Gasteiger partial charge is 0.321 e. The van der Waals surface area contributed by atoms with Crippen LogP contribution in [0.2, 0.25) is 0 Å². The van der Waals surface area contributed by atoms with E-state index < -0.39 is 0 Å². The lowest BCUT2D eigenvalue weighted by molar-refractivity contribution is 0.251. The van der Waals surface area contributed by atoms with Crippen molar-refractivity contribution in [2.75, 3.05) is 19.0 Å². The van der Waals surface area contributed by atoms with Gasteiger partial charge in [-0.3, -0.25) is 5.32 Å². The quantitative estimate of drug-likeness (QED) is 0.868. The molecule has 0 saturated carbocycles. The minimum Gasteiger partial charge on any atom is -0.496 e. The fraction of sp³-hybridized carbons (Fsp3) is 0.214. The van der Waals surface area contributed by atoms with Gasteiger partial charge >= 0.3 is 6.03 Å². The zero-order chi connectivity index (χ0) is 13.5. The second-order valence-electron chi connectivity index (χ2n) is 3.92. The lowest BCUT2D eigenvalue weighted by atomic mass is 10.1. The van der Waals surface area contributed by atoms with Crippen LogP contribution in [-0.4, -0.2) is 19.7 Å². The normalized spacial score (nSPS) is 9.95. The summed E-state index contributed by atoms with van der Waals surface area (Å²) >= 11 is 0. The van der Waals surface area contributed by atoms with E-state index in [9.17, 15) is 4.79 Å². The van der Waals surface area contributed by atoms with Crippen molar-refractivity contribution in [2.45, 2.75) is 6.42 Å². The Morgan fingerprint density at radius 2 is 2.11 bits per heavy atom. The van der Waals surface area contributed by atoms with Crippen molar-refractivity contribution >= 4 is 11.9 Å². The third-order valence-corrected chi connectivity index (χ3v) is 2.63. The molecule has 5 heteroatoms. The number of para-hydroxylation sites is 1. The first-order valence-electron chi connectivity index (χ1n) is 6.00. The van der Waals surface area contributed by atoms with Crippen molar-refractivity contribution in [3.63, 3.8) is 0 Å². The van der Waals surface area contributed by atoms with Gasteiger partial charge in [0.25, 0.3) is 0 Å². The molecule has 0 spiro atoms. The molecule has 1 aromatic carbocycles. The third kappa shape index (κ3) is 3.77. The Morgan fingerprint density at radius 1 is 1.26 bits per heavy atom. The predicted molar refractivity (Wildman–Crippen MR) is 72.4 cm³/mol. The fourth-order valence-electron chi connectivity index (χ4n) is 1.73. The van der Waals surface area contributed by atoms with Crippen molar-refractivity contribution < 1.29 is 13.9 Å². The van der Waals surface area contributed by atoms with Gasteiger partial charge in [0.05, 0.1) is 13.4 Å². The Morgan fingerprint density at radius 3 is 2.84 bits per heavy atom. The number of anilines is 1. The van der Waals surface area contributed by atoms with E-state index in [0.717, 1.165) is 11.3 Å². The number of urea groups is 1. The Hall–Kier alpha value is -2.43. The molecule has 2 rings (SSSR count). The van der Waals surface area contributed by atoms with Gasteiger partial charge in [-0.1, -0.05) is 18.2 Å². The van der Waals surface area contributed by atoms with Gasteiger partial charge in [0.1, 0.15) is 5.75 Å². The summed E-state index contributed by atoms with van der Waals surface area (Å²) < 4.78 is 10.3. The molecule has 100 valence electrons. The maximum absolute atomic E-state index is 11.5. The van der Waals surface area contributed by atoms with Crippen LogP contribution >= 0.6 is 0 Å². The van der Waals surface area contributed by atoms with Crippen molar-refractivity contribution in [1.82, 2.24) is 5.32 Å². The van der Waals surface area contributed by atoms with Crippen molar-refractivity contribution in [3.8, 4) is 5.75 Å². The lowest BCUT2D eigenvalue weighted by Gasteiger charge is -2.09. The second-order valence-corrected chi connectivity index (χ2v) is 3.92. The van der Waals surface area contributed by atoms with E-state index in [2.05, 4.69) is 10.6 Å². The molecule has 1 aromatic heterocycles. The first kappa shape index (κ1) is 13.0. The van der Waals surface area contributed by atoms with Crippen LogP contribution in [0, 0.1) is 0 Å². The summed E-state index contributed by atoms with van der Waals surface area (Å²) in [5, 5.41) is 5.34. The van der Waals surface area contributed by atoms with Gasteiger partial charge < -0.3 is 14.5 Å². The van der Waals surface area contributed by atoms with E-state index in [1.54, 1.807) is 19.2 Å². The molecule has 0 radical (unpaired) electrons. The highest BCUT2D eigenvalue weighted by atomic mass is 16.5. The predicted octanol–water partition coefficient (Wildman–Crippen LogP) is 2.65. The molecule has 0 atom stereocenters. The molecular formula is C14H16N2O3. The standard InChI is InChI=1S/C14H16N2O3/c1-18-12-6-3-2-5-11(12)8-9-15-14(17)16-13-7-4-10-19-13/h2-7,10H,8-9H2,1H3,(H2,15,16,17). The molecule has 0 bridgehead atoms. The van der Waals surface area contributed by atoms with Crippen molar-refractivity contribution in [1.29, 1.82) is 0 Å². The summed E-state index contributed by atoms with van der Waals surface area (Å²) in [5.74, 6) is 1.26. The van der Waals surface area contributed by atoms with Crippen molar-refractivity contribution in [3.05, 3.63) is 48.2 Å². The molecule has 0 unspecified atom stereocenters. The van der Waals surface area contributed by atoms with Crippen LogP contribution in [0.1, 0.15) is 5.56 Å². The van der Waals surface area contributed by atoms with E-state index in [-0.39, 0.29) is 6.03 Å². The molecule has 2 N–H and O–H groups in total. The first-order valence-corrected chi connectivity index (χ1v) is 6.00. The molecule has 2 aromatic rings. The highest BCUT2D eigenvalue weighted by Gasteiger charge is 2.04. The zero-order valence-corrected chi connectivity index (χ0v) is 10.7. The minimum absolute atomic E-state index is 0.287. The van der Waals surface area contributed by atoms with Gasteiger partial charge in [-0.15, -0.1) is 0 Å². The van der Waals surface area contributed by atoms with Gasteiger partial charge in [0.15, 0.2) is 0 Å². The minimum atomic E-state index is -0.287. The Bertz CT molecular complexity index is 523. The molecule has 0 aliphatic heterocycles. The number of benzene rings is 1. The Kier molecular flexibility index (Phi) is 4.44. The molecular weight excluding hydrogens is 244 g/mol. The topological polar surface area (TPSA) is 63.5 Å². The summed E-state index contributed by atoms with van der Waals surface area (Å²) in [6.45, 7) is 0.521. The number of amides is 2. The maximum atomic E-state index is 11.5. The van der Waals surface area contributed by atoms with E-state index in [4.69, 9.17) is 9.15 Å². The Labute approximate surface area is 111 Å². The molecule has 0 aliphatic rings. The van der Waals surface area contributed by atoms with Crippen LogP contribution in [-0.2, 0) is 6.42 Å². The average molecular weight is 260 g/mol. The monoisotopic (exact) mass is 260 g/mol. The van der Waals surface area contributed by atoms with Crippen LogP contribution in [0.25, 0.3) is 0 Å². The molecule has 2 amide bonds. The van der Waals surface area contributed by atoms with E-state index in [0.29, 0.717) is 18.8 Å². The number of hydrogen-bond donors (Lipinski definition) is 2. The first-order chi connectivity index (χ1) is 9.29. The van der Waals surface area contributed by atoms with Crippen LogP contribution in [0.4, 0.5) is 10.7 Å². The number of carbonyl (C=O) groups is 1. The lowest BCUT2D eigenvalue weighted by Crippen LogP contribution is -2.30. The summed E-state index contributed by atoms with van der Waals surface area (Å²) in [7, 11) is 1.63. The summed E-state index contributed by atoms with van der Waals surface area (Å²) in [4.78, 5) is 11.5. The summed E-state index contributed by atoms with van der Waals surface area (Å²) in [5.41, 5.74) is 1.06. The number of rotatable bonds is 5. The number of furan rings is 1. The van der Waals surface area contributed by atoms with Crippen LogP contribution in [0.3, 0.4) is 0 Å². The van der Waals surface area contributed by atoms with Crippen LogP contribution in [0.15, 0.2) is 47.1 Å². The molecule has 0 fully saturated rings.